The number of oxime groups is 1. The van der Waals surface area contributed by atoms with Crippen LogP contribution in [0, 0.1) is 0 Å². The number of amidine groups is 1. The molecule has 0 bridgehead atoms. The van der Waals surface area contributed by atoms with E-state index in [1.165, 1.54) is 12.1 Å². The molecule has 0 amide bonds. The average molecular weight is 373 g/mol. The number of hydrogen-bond acceptors (Lipinski definition) is 7. The number of nitrogens with two attached hydrogens (primary N) is 1. The minimum Gasteiger partial charge on any atom is -0.490 e. The van der Waals surface area contributed by atoms with Gasteiger partial charge < -0.3 is 24.8 Å². The minimum atomic E-state index is -0.709. The highest BCUT2D eigenvalue weighted by Gasteiger charge is 2.19. The van der Waals surface area contributed by atoms with Crippen molar-refractivity contribution in [1.82, 2.24) is 4.98 Å². The lowest BCUT2D eigenvalue weighted by Gasteiger charge is -2.16. The van der Waals surface area contributed by atoms with Gasteiger partial charge in [-0.05, 0) is 45.0 Å². The number of aromatic nitrogens is 1. The Morgan fingerprint density at radius 2 is 1.67 bits per heavy atom. The van der Waals surface area contributed by atoms with Crippen molar-refractivity contribution in [3.8, 4) is 17.2 Å². The van der Waals surface area contributed by atoms with Crippen molar-refractivity contribution in [3.05, 3.63) is 47.8 Å². The smallest absolute Gasteiger partial charge is 0.366 e. The largest absolute Gasteiger partial charge is 0.490 e. The molecule has 2 rings (SSSR count). The van der Waals surface area contributed by atoms with Crippen LogP contribution in [-0.4, -0.2) is 36.6 Å². The molecule has 2 N–H and O–H groups in total. The van der Waals surface area contributed by atoms with Crippen LogP contribution in [0.5, 0.6) is 17.2 Å². The molecule has 0 atom stereocenters. The zero-order valence-corrected chi connectivity index (χ0v) is 15.6. The van der Waals surface area contributed by atoms with Crippen LogP contribution in [0.3, 0.4) is 0 Å². The molecule has 0 saturated carbocycles. The summed E-state index contributed by atoms with van der Waals surface area (Å²) in [5.41, 5.74) is 6.38. The van der Waals surface area contributed by atoms with Crippen LogP contribution in [0.1, 0.15) is 36.8 Å². The Kier molecular flexibility index (Phi) is 7.42. The first-order valence-electron chi connectivity index (χ1n) is 8.63. The van der Waals surface area contributed by atoms with E-state index in [9.17, 15) is 4.79 Å². The lowest BCUT2D eigenvalue weighted by molar-refractivity contribution is 0.0514. The van der Waals surface area contributed by atoms with E-state index in [4.69, 9.17) is 24.8 Å². The summed E-state index contributed by atoms with van der Waals surface area (Å²) in [5.74, 6) is 0.496. The normalized spacial score (nSPS) is 11.0. The number of pyridine rings is 1. The van der Waals surface area contributed by atoms with Gasteiger partial charge in [-0.1, -0.05) is 11.2 Å². The molecule has 8 heteroatoms. The maximum absolute atomic E-state index is 12.4. The SMILES string of the molecule is CCOc1cc(C(=O)ON=C(N)c2ccccn2)cc(OCC)c1OCC. The Hall–Kier alpha value is -3.29. The van der Waals surface area contributed by atoms with E-state index >= 15 is 0 Å². The van der Waals surface area contributed by atoms with Gasteiger partial charge in [-0.15, -0.1) is 0 Å². The third kappa shape index (κ3) is 5.34. The van der Waals surface area contributed by atoms with Crippen LogP contribution in [0.2, 0.25) is 0 Å². The maximum atomic E-state index is 12.4. The van der Waals surface area contributed by atoms with E-state index in [0.717, 1.165) is 0 Å². The molecule has 0 aliphatic rings. The van der Waals surface area contributed by atoms with E-state index in [1.807, 2.05) is 20.8 Å². The van der Waals surface area contributed by atoms with Crippen molar-refractivity contribution in [2.24, 2.45) is 10.9 Å². The molecule has 27 heavy (non-hydrogen) atoms. The number of benzene rings is 1. The molecule has 8 nitrogen and oxygen atoms in total. The molecule has 0 aliphatic heterocycles. The standard InChI is InChI=1S/C19H23N3O5/c1-4-24-15-11-13(12-16(25-5-2)17(15)26-6-3)19(23)27-22-18(20)14-9-7-8-10-21-14/h7-12H,4-6H2,1-3H3,(H2,20,22). The Morgan fingerprint density at radius 3 is 2.19 bits per heavy atom. The quantitative estimate of drug-likeness (QED) is 0.312. The molecule has 2 aromatic rings. The van der Waals surface area contributed by atoms with Gasteiger partial charge in [0.2, 0.25) is 5.75 Å². The highest BCUT2D eigenvalue weighted by atomic mass is 16.7. The number of rotatable bonds is 9. The molecule has 0 radical (unpaired) electrons. The Balaban J connectivity index is 2.29. The van der Waals surface area contributed by atoms with Gasteiger partial charge in [0.15, 0.2) is 17.3 Å². The van der Waals surface area contributed by atoms with Gasteiger partial charge in [0, 0.05) is 6.20 Å². The summed E-state index contributed by atoms with van der Waals surface area (Å²) in [6.07, 6.45) is 1.56. The molecule has 0 aliphatic carbocycles. The third-order valence-corrected chi connectivity index (χ3v) is 3.30. The topological polar surface area (TPSA) is 105 Å². The van der Waals surface area contributed by atoms with Crippen LogP contribution in [-0.2, 0) is 4.84 Å². The summed E-state index contributed by atoms with van der Waals surface area (Å²) in [5, 5.41) is 3.65. The van der Waals surface area contributed by atoms with Gasteiger partial charge in [-0.25, -0.2) is 4.79 Å². The highest BCUT2D eigenvalue weighted by Crippen LogP contribution is 2.39. The maximum Gasteiger partial charge on any atom is 0.366 e. The molecule has 144 valence electrons. The predicted octanol–water partition coefficient (Wildman–Crippen LogP) is 2.76. The number of ether oxygens (including phenoxy) is 3. The summed E-state index contributed by atoms with van der Waals surface area (Å²) in [7, 11) is 0. The van der Waals surface area contributed by atoms with Gasteiger partial charge in [-0.3, -0.25) is 4.98 Å². The minimum absolute atomic E-state index is 0.00931. The van der Waals surface area contributed by atoms with Crippen LogP contribution >= 0.6 is 0 Å². The molecule has 0 fully saturated rings. The first-order chi connectivity index (χ1) is 13.1. The molecule has 1 heterocycles. The van der Waals surface area contributed by atoms with E-state index in [1.54, 1.807) is 24.4 Å². The molecule has 0 saturated heterocycles. The van der Waals surface area contributed by atoms with Crippen LogP contribution in [0.15, 0.2) is 41.7 Å². The second-order valence-electron chi connectivity index (χ2n) is 5.17. The molecular formula is C19H23N3O5. The number of carbonyl (C=O) groups excluding carboxylic acids is 1. The van der Waals surface area contributed by atoms with Gasteiger partial charge >= 0.3 is 5.97 Å². The average Bonchev–Trinajstić information content (AvgIpc) is 2.69. The fourth-order valence-corrected chi connectivity index (χ4v) is 2.21. The van der Waals surface area contributed by atoms with Crippen molar-refractivity contribution in [3.63, 3.8) is 0 Å². The Bertz CT molecular complexity index is 766. The van der Waals surface area contributed by atoms with Crippen molar-refractivity contribution in [2.75, 3.05) is 19.8 Å². The fraction of sp³-hybridized carbons (Fsp3) is 0.316. The first kappa shape index (κ1) is 20.0. The highest BCUT2D eigenvalue weighted by molar-refractivity contribution is 5.96. The second-order valence-corrected chi connectivity index (χ2v) is 5.17. The van der Waals surface area contributed by atoms with Crippen molar-refractivity contribution in [1.29, 1.82) is 0 Å². The first-order valence-corrected chi connectivity index (χ1v) is 8.63. The van der Waals surface area contributed by atoms with Gasteiger partial charge in [-0.2, -0.15) is 0 Å². The molecular weight excluding hydrogens is 350 g/mol. The zero-order valence-electron chi connectivity index (χ0n) is 15.6. The second kappa shape index (κ2) is 10.0. The van der Waals surface area contributed by atoms with Gasteiger partial charge in [0.05, 0.1) is 25.4 Å². The van der Waals surface area contributed by atoms with Crippen molar-refractivity contribution >= 4 is 11.8 Å². The third-order valence-electron chi connectivity index (χ3n) is 3.30. The van der Waals surface area contributed by atoms with Crippen molar-refractivity contribution in [2.45, 2.75) is 20.8 Å². The molecule has 0 unspecified atom stereocenters. The summed E-state index contributed by atoms with van der Waals surface area (Å²) in [6.45, 7) is 6.74. The van der Waals surface area contributed by atoms with Crippen LogP contribution in [0.4, 0.5) is 0 Å². The molecule has 0 spiro atoms. The lowest BCUT2D eigenvalue weighted by atomic mass is 10.2. The van der Waals surface area contributed by atoms with Crippen LogP contribution in [0.25, 0.3) is 0 Å². The van der Waals surface area contributed by atoms with E-state index in [2.05, 4.69) is 10.1 Å². The summed E-state index contributed by atoms with van der Waals surface area (Å²) in [6, 6.07) is 8.19. The van der Waals surface area contributed by atoms with Crippen LogP contribution < -0.4 is 19.9 Å². The Morgan fingerprint density at radius 1 is 1.04 bits per heavy atom. The summed E-state index contributed by atoms with van der Waals surface area (Å²) >= 11 is 0. The number of carbonyl (C=O) groups is 1. The monoisotopic (exact) mass is 373 g/mol. The Labute approximate surface area is 157 Å². The zero-order chi connectivity index (χ0) is 19.6. The van der Waals surface area contributed by atoms with E-state index in [-0.39, 0.29) is 11.4 Å². The van der Waals surface area contributed by atoms with Gasteiger partial charge in [0.25, 0.3) is 0 Å². The van der Waals surface area contributed by atoms with E-state index < -0.39 is 5.97 Å². The number of nitrogens with zero attached hydrogens (tertiary/aromatic N) is 2. The van der Waals surface area contributed by atoms with E-state index in [0.29, 0.717) is 42.8 Å². The number of hydrogen-bond donors (Lipinski definition) is 1. The summed E-state index contributed by atoms with van der Waals surface area (Å²) in [4.78, 5) is 21.4. The predicted molar refractivity (Wildman–Crippen MR) is 100 cm³/mol. The molecule has 1 aromatic heterocycles. The van der Waals surface area contributed by atoms with Crippen molar-refractivity contribution < 1.29 is 23.8 Å². The van der Waals surface area contributed by atoms with Gasteiger partial charge in [0.1, 0.15) is 5.69 Å². The molecule has 1 aromatic carbocycles. The summed E-state index contributed by atoms with van der Waals surface area (Å²) < 4.78 is 16.8. The lowest BCUT2D eigenvalue weighted by Crippen LogP contribution is -2.16. The fourth-order valence-electron chi connectivity index (χ4n) is 2.21.